The molecule has 0 aliphatic carbocycles. The molecule has 0 heterocycles. The van der Waals surface area contributed by atoms with Gasteiger partial charge in [0.1, 0.15) is 5.75 Å². The fourth-order valence-corrected chi connectivity index (χ4v) is 1.38. The van der Waals surface area contributed by atoms with Crippen molar-refractivity contribution in [3.63, 3.8) is 0 Å². The van der Waals surface area contributed by atoms with Crippen molar-refractivity contribution in [1.82, 2.24) is 0 Å². The third kappa shape index (κ3) is 4.34. The first-order valence-electron chi connectivity index (χ1n) is 5.55. The molecule has 0 aliphatic heterocycles. The van der Waals surface area contributed by atoms with E-state index in [1.165, 1.54) is 5.56 Å². The van der Waals surface area contributed by atoms with Crippen LogP contribution in [0.15, 0.2) is 29.4 Å². The average Bonchev–Trinajstić information content (AvgIpc) is 2.27. The summed E-state index contributed by atoms with van der Waals surface area (Å²) in [5.41, 5.74) is 1.97. The molecular weight excluding hydrogens is 202 g/mol. The highest BCUT2D eigenvalue weighted by Gasteiger charge is 1.99. The zero-order chi connectivity index (χ0) is 12.0. The van der Waals surface area contributed by atoms with Gasteiger partial charge in [0.2, 0.25) is 0 Å². The van der Waals surface area contributed by atoms with Gasteiger partial charge in [-0.25, -0.2) is 0 Å². The summed E-state index contributed by atoms with van der Waals surface area (Å²) in [4.78, 5) is 0. The number of rotatable bonds is 5. The summed E-state index contributed by atoms with van der Waals surface area (Å²) in [6.45, 7) is 5.83. The van der Waals surface area contributed by atoms with E-state index in [1.54, 1.807) is 0 Å². The Balaban J connectivity index is 2.51. The molecule has 1 aromatic rings. The number of hydrogen-bond donors (Lipinski definition) is 1. The van der Waals surface area contributed by atoms with E-state index >= 15 is 0 Å². The number of ether oxygens (including phenoxy) is 1. The van der Waals surface area contributed by atoms with Crippen LogP contribution in [0.3, 0.4) is 0 Å². The molecule has 0 amide bonds. The molecule has 3 nitrogen and oxygen atoms in total. The summed E-state index contributed by atoms with van der Waals surface area (Å²) >= 11 is 0. The van der Waals surface area contributed by atoms with Gasteiger partial charge >= 0.3 is 0 Å². The van der Waals surface area contributed by atoms with E-state index in [-0.39, 0.29) is 6.10 Å². The quantitative estimate of drug-likeness (QED) is 0.471. The van der Waals surface area contributed by atoms with Crippen molar-refractivity contribution >= 4 is 5.71 Å². The van der Waals surface area contributed by atoms with Crippen molar-refractivity contribution in [2.24, 2.45) is 5.16 Å². The lowest BCUT2D eigenvalue weighted by atomic mass is 10.1. The second kappa shape index (κ2) is 6.16. The topological polar surface area (TPSA) is 41.8 Å². The summed E-state index contributed by atoms with van der Waals surface area (Å²) in [6.07, 6.45) is 1.87. The summed E-state index contributed by atoms with van der Waals surface area (Å²) in [7, 11) is 0. The van der Waals surface area contributed by atoms with E-state index in [0.29, 0.717) is 0 Å². The van der Waals surface area contributed by atoms with E-state index in [1.807, 2.05) is 45.0 Å². The molecule has 1 N–H and O–H groups in total. The molecule has 0 bridgehead atoms. The maximum Gasteiger partial charge on any atom is 0.119 e. The third-order valence-electron chi connectivity index (χ3n) is 2.24. The van der Waals surface area contributed by atoms with Crippen LogP contribution in [0.5, 0.6) is 5.75 Å². The summed E-state index contributed by atoms with van der Waals surface area (Å²) < 4.78 is 5.55. The summed E-state index contributed by atoms with van der Waals surface area (Å²) in [5, 5.41) is 11.7. The maximum atomic E-state index is 8.52. The minimum Gasteiger partial charge on any atom is -0.491 e. The van der Waals surface area contributed by atoms with Crippen LogP contribution in [-0.2, 0) is 6.42 Å². The van der Waals surface area contributed by atoms with E-state index in [0.717, 1.165) is 24.3 Å². The normalized spacial score (nSPS) is 11.9. The Bertz CT molecular complexity index is 341. The van der Waals surface area contributed by atoms with Gasteiger partial charge in [0.05, 0.1) is 11.8 Å². The monoisotopic (exact) mass is 221 g/mol. The van der Waals surface area contributed by atoms with Crippen molar-refractivity contribution < 1.29 is 9.94 Å². The van der Waals surface area contributed by atoms with Gasteiger partial charge in [0.15, 0.2) is 0 Å². The molecule has 0 saturated carbocycles. The minimum absolute atomic E-state index is 0.203. The first-order valence-corrected chi connectivity index (χ1v) is 5.55. The van der Waals surface area contributed by atoms with Crippen molar-refractivity contribution in [3.05, 3.63) is 29.8 Å². The Hall–Kier alpha value is -1.51. The number of aryl methyl sites for hydroxylation is 1. The Morgan fingerprint density at radius 1 is 1.31 bits per heavy atom. The molecule has 1 aromatic carbocycles. The second-order valence-electron chi connectivity index (χ2n) is 4.15. The first-order chi connectivity index (χ1) is 7.61. The lowest BCUT2D eigenvalue weighted by Crippen LogP contribution is -2.05. The number of nitrogens with zero attached hydrogens (tertiary/aromatic N) is 1. The van der Waals surface area contributed by atoms with Crippen LogP contribution in [0.2, 0.25) is 0 Å². The predicted octanol–water partition coefficient (Wildman–Crippen LogP) is 3.26. The molecule has 0 aliphatic rings. The van der Waals surface area contributed by atoms with Crippen molar-refractivity contribution in [3.8, 4) is 5.75 Å². The number of hydrogen-bond acceptors (Lipinski definition) is 3. The van der Waals surface area contributed by atoms with Gasteiger partial charge in [0, 0.05) is 0 Å². The van der Waals surface area contributed by atoms with Crippen molar-refractivity contribution in [2.45, 2.75) is 39.7 Å². The van der Waals surface area contributed by atoms with Gasteiger partial charge in [0.25, 0.3) is 0 Å². The van der Waals surface area contributed by atoms with E-state index in [9.17, 15) is 0 Å². The van der Waals surface area contributed by atoms with E-state index < -0.39 is 0 Å². The lowest BCUT2D eigenvalue weighted by Gasteiger charge is -2.09. The lowest BCUT2D eigenvalue weighted by molar-refractivity contribution is 0.242. The van der Waals surface area contributed by atoms with Gasteiger partial charge in [-0.05, 0) is 51.3 Å². The summed E-state index contributed by atoms with van der Waals surface area (Å²) in [6, 6.07) is 8.03. The number of benzene rings is 1. The molecular formula is C13H19NO2. The Kier molecular flexibility index (Phi) is 4.83. The molecule has 0 saturated heterocycles. The second-order valence-corrected chi connectivity index (χ2v) is 4.15. The van der Waals surface area contributed by atoms with Crippen LogP contribution in [0, 0.1) is 0 Å². The molecule has 3 heteroatoms. The van der Waals surface area contributed by atoms with Crippen LogP contribution in [0.25, 0.3) is 0 Å². The fourth-order valence-electron chi connectivity index (χ4n) is 1.38. The molecule has 0 radical (unpaired) electrons. The molecule has 88 valence electrons. The van der Waals surface area contributed by atoms with Crippen LogP contribution >= 0.6 is 0 Å². The smallest absolute Gasteiger partial charge is 0.119 e. The van der Waals surface area contributed by atoms with Crippen molar-refractivity contribution in [2.75, 3.05) is 0 Å². The van der Waals surface area contributed by atoms with Crippen LogP contribution in [0.1, 0.15) is 32.8 Å². The van der Waals surface area contributed by atoms with Gasteiger partial charge in [-0.15, -0.1) is 0 Å². The van der Waals surface area contributed by atoms with Crippen molar-refractivity contribution in [1.29, 1.82) is 0 Å². The van der Waals surface area contributed by atoms with E-state index in [2.05, 4.69) is 5.16 Å². The van der Waals surface area contributed by atoms with Gasteiger partial charge in [-0.2, -0.15) is 0 Å². The molecule has 0 spiro atoms. The van der Waals surface area contributed by atoms with Gasteiger partial charge in [-0.3, -0.25) is 0 Å². The molecule has 1 rings (SSSR count). The SMILES string of the molecule is CC(CCc1ccc(OC(C)C)cc1)=NO. The first kappa shape index (κ1) is 12.6. The average molecular weight is 221 g/mol. The minimum atomic E-state index is 0.203. The highest BCUT2D eigenvalue weighted by molar-refractivity contribution is 5.81. The maximum absolute atomic E-state index is 8.52. The Morgan fingerprint density at radius 2 is 1.94 bits per heavy atom. The zero-order valence-corrected chi connectivity index (χ0v) is 10.1. The van der Waals surface area contributed by atoms with Crippen LogP contribution in [-0.4, -0.2) is 17.0 Å². The number of oxime groups is 1. The molecule has 0 unspecified atom stereocenters. The Labute approximate surface area is 96.7 Å². The van der Waals surface area contributed by atoms with Crippen LogP contribution in [0.4, 0.5) is 0 Å². The molecule has 16 heavy (non-hydrogen) atoms. The standard InChI is InChI=1S/C13H19NO2/c1-10(2)16-13-8-6-12(7-9-13)5-4-11(3)14-15/h6-10,15H,4-5H2,1-3H3. The predicted molar refractivity (Wildman–Crippen MR) is 65.4 cm³/mol. The molecule has 0 aromatic heterocycles. The third-order valence-corrected chi connectivity index (χ3v) is 2.24. The molecule has 0 fully saturated rings. The fraction of sp³-hybridized carbons (Fsp3) is 0.462. The van der Waals surface area contributed by atoms with Crippen LogP contribution < -0.4 is 4.74 Å². The summed E-state index contributed by atoms with van der Waals surface area (Å²) in [5.74, 6) is 0.895. The zero-order valence-electron chi connectivity index (χ0n) is 10.1. The Morgan fingerprint density at radius 3 is 2.44 bits per heavy atom. The highest BCUT2D eigenvalue weighted by Crippen LogP contribution is 2.14. The van der Waals surface area contributed by atoms with Gasteiger partial charge < -0.3 is 9.94 Å². The highest BCUT2D eigenvalue weighted by atomic mass is 16.5. The molecule has 0 atom stereocenters. The van der Waals surface area contributed by atoms with Gasteiger partial charge in [-0.1, -0.05) is 17.3 Å². The van der Waals surface area contributed by atoms with E-state index in [4.69, 9.17) is 9.94 Å². The largest absolute Gasteiger partial charge is 0.491 e.